The molecule has 0 radical (unpaired) electrons. The molecule has 1 aliphatic rings. The molecule has 1 heterocycles. The third-order valence-electron chi connectivity index (χ3n) is 6.88. The fourth-order valence-corrected chi connectivity index (χ4v) is 4.54. The minimum absolute atomic E-state index is 0.265. The van der Waals surface area contributed by atoms with E-state index in [0.717, 1.165) is 25.7 Å². The molecule has 0 aliphatic carbocycles. The monoisotopic (exact) mass is 484 g/mol. The molecule has 2 heteroatoms. The SMILES string of the molecule is C=Cc1ccc(C(C)C)cc1.CC.CC(=O)C1(c2cccc(CCc3ccccc3)c2)CCOCC1. The minimum Gasteiger partial charge on any atom is -0.381 e. The summed E-state index contributed by atoms with van der Waals surface area (Å²) < 4.78 is 5.48. The highest BCUT2D eigenvalue weighted by atomic mass is 16.5. The summed E-state index contributed by atoms with van der Waals surface area (Å²) in [4.78, 5) is 12.4. The lowest BCUT2D eigenvalue weighted by atomic mass is 9.71. The number of ketones is 1. The van der Waals surface area contributed by atoms with Crippen molar-refractivity contribution in [3.8, 4) is 0 Å². The molecule has 4 rings (SSSR count). The van der Waals surface area contributed by atoms with Crippen LogP contribution in [0.1, 0.15) is 81.2 Å². The van der Waals surface area contributed by atoms with Gasteiger partial charge in [0.1, 0.15) is 5.78 Å². The number of benzene rings is 3. The predicted molar refractivity (Wildman–Crippen MR) is 155 cm³/mol. The second-order valence-electron chi connectivity index (χ2n) is 9.46. The predicted octanol–water partition coefficient (Wildman–Crippen LogP) is 8.59. The fraction of sp³-hybridized carbons (Fsp3) is 0.382. The number of aryl methyl sites for hydroxylation is 2. The van der Waals surface area contributed by atoms with Crippen LogP contribution in [0.3, 0.4) is 0 Å². The summed E-state index contributed by atoms with van der Waals surface area (Å²) >= 11 is 0. The van der Waals surface area contributed by atoms with Crippen LogP contribution in [0.25, 0.3) is 6.08 Å². The third kappa shape index (κ3) is 8.31. The van der Waals surface area contributed by atoms with Crippen molar-refractivity contribution in [2.45, 2.75) is 71.6 Å². The van der Waals surface area contributed by atoms with Crippen LogP contribution < -0.4 is 0 Å². The lowest BCUT2D eigenvalue weighted by Crippen LogP contribution is -2.40. The van der Waals surface area contributed by atoms with E-state index >= 15 is 0 Å². The molecule has 0 N–H and O–H groups in total. The first kappa shape index (κ1) is 29.3. The van der Waals surface area contributed by atoms with Crippen LogP contribution in [-0.2, 0) is 27.8 Å². The topological polar surface area (TPSA) is 26.3 Å². The van der Waals surface area contributed by atoms with Crippen LogP contribution >= 0.6 is 0 Å². The van der Waals surface area contributed by atoms with Crippen molar-refractivity contribution in [3.05, 3.63) is 113 Å². The lowest BCUT2D eigenvalue weighted by molar-refractivity contribution is -0.126. The molecule has 36 heavy (non-hydrogen) atoms. The highest BCUT2D eigenvalue weighted by molar-refractivity contribution is 5.88. The van der Waals surface area contributed by atoms with E-state index in [1.807, 2.05) is 26.0 Å². The normalized spacial score (nSPS) is 14.1. The summed E-state index contributed by atoms with van der Waals surface area (Å²) in [6.07, 6.45) is 5.49. The summed E-state index contributed by atoms with van der Waals surface area (Å²) in [5.41, 5.74) is 6.05. The average molecular weight is 485 g/mol. The highest BCUT2D eigenvalue weighted by Crippen LogP contribution is 2.36. The van der Waals surface area contributed by atoms with Gasteiger partial charge < -0.3 is 4.74 Å². The van der Waals surface area contributed by atoms with E-state index < -0.39 is 0 Å². The Balaban J connectivity index is 0.000000295. The Hall–Kier alpha value is -2.97. The highest BCUT2D eigenvalue weighted by Gasteiger charge is 2.38. The molecule has 0 aromatic heterocycles. The van der Waals surface area contributed by atoms with Gasteiger partial charge in [0.15, 0.2) is 0 Å². The summed E-state index contributed by atoms with van der Waals surface area (Å²) in [5, 5.41) is 0. The van der Waals surface area contributed by atoms with Crippen molar-refractivity contribution in [2.24, 2.45) is 0 Å². The van der Waals surface area contributed by atoms with Crippen LogP contribution in [0.2, 0.25) is 0 Å². The fourth-order valence-electron chi connectivity index (χ4n) is 4.54. The van der Waals surface area contributed by atoms with Gasteiger partial charge in [-0.25, -0.2) is 0 Å². The van der Waals surface area contributed by atoms with Gasteiger partial charge in [0.05, 0.1) is 5.41 Å². The number of rotatable bonds is 7. The van der Waals surface area contributed by atoms with E-state index in [1.165, 1.54) is 27.8 Å². The first-order valence-electron chi connectivity index (χ1n) is 13.4. The Morgan fingerprint density at radius 1 is 0.889 bits per heavy atom. The molecule has 0 saturated carbocycles. The van der Waals surface area contributed by atoms with E-state index in [9.17, 15) is 4.79 Å². The van der Waals surface area contributed by atoms with Crippen molar-refractivity contribution >= 4 is 11.9 Å². The van der Waals surface area contributed by atoms with Crippen LogP contribution in [0.4, 0.5) is 0 Å². The first-order valence-corrected chi connectivity index (χ1v) is 13.4. The van der Waals surface area contributed by atoms with Crippen LogP contribution in [0.5, 0.6) is 0 Å². The van der Waals surface area contributed by atoms with Gasteiger partial charge in [-0.05, 0) is 66.3 Å². The number of Topliss-reactive ketones (excluding diaryl/α,β-unsaturated/α-hetero) is 1. The van der Waals surface area contributed by atoms with Gasteiger partial charge in [-0.1, -0.05) is 119 Å². The Morgan fingerprint density at radius 2 is 1.47 bits per heavy atom. The molecule has 2 nitrogen and oxygen atoms in total. The number of hydrogen-bond donors (Lipinski definition) is 0. The van der Waals surface area contributed by atoms with E-state index in [1.54, 1.807) is 6.92 Å². The summed E-state index contributed by atoms with van der Waals surface area (Å²) in [7, 11) is 0. The molecule has 192 valence electrons. The zero-order valence-electron chi connectivity index (χ0n) is 22.9. The smallest absolute Gasteiger partial charge is 0.140 e. The van der Waals surface area contributed by atoms with Gasteiger partial charge in [0.2, 0.25) is 0 Å². The van der Waals surface area contributed by atoms with E-state index in [2.05, 4.69) is 93.2 Å². The van der Waals surface area contributed by atoms with Gasteiger partial charge in [-0.2, -0.15) is 0 Å². The van der Waals surface area contributed by atoms with E-state index in [4.69, 9.17) is 4.74 Å². The molecular formula is C34H44O2. The third-order valence-corrected chi connectivity index (χ3v) is 6.88. The largest absolute Gasteiger partial charge is 0.381 e. The molecule has 1 fully saturated rings. The van der Waals surface area contributed by atoms with Crippen LogP contribution in [0, 0.1) is 0 Å². The zero-order valence-corrected chi connectivity index (χ0v) is 22.9. The van der Waals surface area contributed by atoms with Gasteiger partial charge >= 0.3 is 0 Å². The van der Waals surface area contributed by atoms with Crippen molar-refractivity contribution < 1.29 is 9.53 Å². The summed E-state index contributed by atoms with van der Waals surface area (Å²) in [5.74, 6) is 0.884. The maximum atomic E-state index is 12.4. The molecule has 1 saturated heterocycles. The van der Waals surface area contributed by atoms with Crippen molar-refractivity contribution in [2.75, 3.05) is 13.2 Å². The zero-order chi connectivity index (χ0) is 26.4. The molecule has 0 amide bonds. The minimum atomic E-state index is -0.346. The Labute approximate surface area is 219 Å². The molecular weight excluding hydrogens is 440 g/mol. The number of carbonyl (C=O) groups is 1. The second kappa shape index (κ2) is 15.2. The number of carbonyl (C=O) groups excluding carboxylic acids is 1. The maximum absolute atomic E-state index is 12.4. The molecule has 0 spiro atoms. The van der Waals surface area contributed by atoms with Crippen LogP contribution in [0.15, 0.2) is 85.4 Å². The number of ether oxygens (including phenoxy) is 1. The quantitative estimate of drug-likeness (QED) is 0.336. The number of hydrogen-bond acceptors (Lipinski definition) is 2. The summed E-state index contributed by atoms with van der Waals surface area (Å²) in [6, 6.07) is 27.7. The Kier molecular flexibility index (Phi) is 12.4. The molecule has 0 bridgehead atoms. The lowest BCUT2D eigenvalue weighted by Gasteiger charge is -2.35. The Bertz CT molecular complexity index is 1040. The summed E-state index contributed by atoms with van der Waals surface area (Å²) in [6.45, 7) is 15.2. The second-order valence-corrected chi connectivity index (χ2v) is 9.46. The van der Waals surface area contributed by atoms with Gasteiger partial charge in [-0.3, -0.25) is 4.79 Å². The van der Waals surface area contributed by atoms with Gasteiger partial charge in [0.25, 0.3) is 0 Å². The average Bonchev–Trinajstić information content (AvgIpc) is 2.94. The maximum Gasteiger partial charge on any atom is 0.140 e. The van der Waals surface area contributed by atoms with Gasteiger partial charge in [-0.15, -0.1) is 0 Å². The molecule has 1 aliphatic heterocycles. The Morgan fingerprint density at radius 3 is 2.03 bits per heavy atom. The molecule has 3 aromatic rings. The van der Waals surface area contributed by atoms with E-state index in [0.29, 0.717) is 19.1 Å². The van der Waals surface area contributed by atoms with Crippen molar-refractivity contribution in [1.82, 2.24) is 0 Å². The van der Waals surface area contributed by atoms with Gasteiger partial charge in [0, 0.05) is 13.2 Å². The molecule has 0 atom stereocenters. The first-order chi connectivity index (χ1) is 17.4. The van der Waals surface area contributed by atoms with Crippen molar-refractivity contribution in [1.29, 1.82) is 0 Å². The van der Waals surface area contributed by atoms with E-state index in [-0.39, 0.29) is 11.2 Å². The van der Waals surface area contributed by atoms with Crippen molar-refractivity contribution in [3.63, 3.8) is 0 Å². The molecule has 3 aromatic carbocycles. The van der Waals surface area contributed by atoms with Crippen LogP contribution in [-0.4, -0.2) is 19.0 Å². The molecule has 0 unspecified atom stereocenters. The standard InChI is InChI=1S/C21H24O2.C11H14.C2H6/c1-17(22)21(12-14-23-15-13-21)20-9-5-8-19(16-20)11-10-18-6-3-2-4-7-18;1-4-10-5-7-11(8-6-10)9(2)3;1-2/h2-9,16H,10-15H2,1H3;4-9H,1H2,2-3H3;1-2H3.